The summed E-state index contributed by atoms with van der Waals surface area (Å²) in [6.07, 6.45) is 0. The first-order valence-electron chi connectivity index (χ1n) is 8.52. The minimum Gasteiger partial charge on any atom is -0.288 e. The van der Waals surface area contributed by atoms with E-state index in [-0.39, 0.29) is 16.8 Å². The summed E-state index contributed by atoms with van der Waals surface area (Å²) in [5.41, 5.74) is 2.80. The number of hydrogen-bond acceptors (Lipinski definition) is 3. The molecule has 0 aliphatic carbocycles. The number of nitrogens with zero attached hydrogens (tertiary/aromatic N) is 3. The van der Waals surface area contributed by atoms with E-state index in [1.807, 2.05) is 68.6 Å². The highest BCUT2D eigenvalue weighted by atomic mass is 79.9. The summed E-state index contributed by atoms with van der Waals surface area (Å²) in [5.74, 6) is 0.312. The lowest BCUT2D eigenvalue weighted by atomic mass is 10.2. The average molecular weight is 444 g/mol. The van der Waals surface area contributed by atoms with Crippen LogP contribution in [0.5, 0.6) is 0 Å². The van der Waals surface area contributed by atoms with E-state index in [0.717, 1.165) is 21.4 Å². The minimum atomic E-state index is -0.215. The van der Waals surface area contributed by atoms with Gasteiger partial charge in [-0.1, -0.05) is 46.3 Å². The monoisotopic (exact) mass is 443 g/mol. The molecule has 1 fully saturated rings. The number of thioether (sulfide) groups is 1. The molecule has 3 aromatic rings. The van der Waals surface area contributed by atoms with E-state index in [4.69, 9.17) is 0 Å². The van der Waals surface area contributed by atoms with Crippen molar-refractivity contribution in [3.05, 3.63) is 80.7 Å². The summed E-state index contributed by atoms with van der Waals surface area (Å²) in [6.45, 7) is 1.88. The molecule has 0 bridgehead atoms. The van der Waals surface area contributed by atoms with Crippen molar-refractivity contribution in [2.45, 2.75) is 12.3 Å². The molecule has 4 rings (SSSR count). The van der Waals surface area contributed by atoms with Gasteiger partial charge in [0, 0.05) is 11.5 Å². The van der Waals surface area contributed by atoms with Gasteiger partial charge in [0.15, 0.2) is 0 Å². The number of halogens is 1. The van der Waals surface area contributed by atoms with Crippen molar-refractivity contribution in [2.24, 2.45) is 7.05 Å². The van der Waals surface area contributed by atoms with Gasteiger partial charge < -0.3 is 0 Å². The molecule has 1 amide bonds. The van der Waals surface area contributed by atoms with E-state index in [0.29, 0.717) is 11.4 Å². The fourth-order valence-corrected chi connectivity index (χ4v) is 4.97. The van der Waals surface area contributed by atoms with Crippen LogP contribution in [-0.2, 0) is 11.8 Å². The lowest BCUT2D eigenvalue weighted by Gasteiger charge is -2.23. The molecule has 1 unspecified atom stereocenters. The Balaban J connectivity index is 1.87. The van der Waals surface area contributed by atoms with Gasteiger partial charge in [-0.2, -0.15) is 0 Å². The smallest absolute Gasteiger partial charge is 0.288 e. The fourth-order valence-electron chi connectivity index (χ4n) is 3.40. The topological polar surface area (TPSA) is 47.2 Å². The Bertz CT molecular complexity index is 1070. The molecular formula is C20H18BrN3O2S. The molecule has 0 radical (unpaired) electrons. The quantitative estimate of drug-likeness (QED) is 0.613. The Hall–Kier alpha value is -2.25. The molecule has 2 heterocycles. The third-order valence-corrected chi connectivity index (χ3v) is 6.47. The highest BCUT2D eigenvalue weighted by molar-refractivity contribution is 9.10. The maximum atomic E-state index is 13.3. The molecule has 27 heavy (non-hydrogen) atoms. The lowest BCUT2D eigenvalue weighted by Crippen LogP contribution is -2.33. The summed E-state index contributed by atoms with van der Waals surface area (Å²) in [6, 6.07) is 17.4. The fraction of sp³-hybridized carbons (Fsp3) is 0.200. The van der Waals surface area contributed by atoms with Gasteiger partial charge in [0.05, 0.1) is 17.1 Å². The molecule has 0 spiro atoms. The van der Waals surface area contributed by atoms with Crippen molar-refractivity contribution in [3.63, 3.8) is 0 Å². The molecule has 5 nitrogen and oxygen atoms in total. The zero-order valence-electron chi connectivity index (χ0n) is 14.9. The van der Waals surface area contributed by atoms with Gasteiger partial charge in [-0.05, 0) is 36.8 Å². The number of aromatic nitrogens is 2. The lowest BCUT2D eigenvalue weighted by molar-refractivity contribution is -0.115. The summed E-state index contributed by atoms with van der Waals surface area (Å²) in [5, 5.41) is -0.215. The third kappa shape index (κ3) is 3.04. The Kier molecular flexibility index (Phi) is 4.74. The normalized spacial score (nSPS) is 16.9. The van der Waals surface area contributed by atoms with Crippen LogP contribution in [0.25, 0.3) is 5.69 Å². The molecule has 1 aromatic heterocycles. The van der Waals surface area contributed by atoms with Crippen molar-refractivity contribution >= 4 is 39.3 Å². The molecule has 0 saturated carbocycles. The summed E-state index contributed by atoms with van der Waals surface area (Å²) < 4.78 is 4.37. The molecule has 2 aromatic carbocycles. The number of benzene rings is 2. The number of hydrogen-bond donors (Lipinski definition) is 0. The first-order chi connectivity index (χ1) is 13.0. The van der Waals surface area contributed by atoms with Gasteiger partial charge in [-0.25, -0.2) is 4.68 Å². The van der Waals surface area contributed by atoms with Crippen LogP contribution in [0.1, 0.15) is 16.6 Å². The Morgan fingerprint density at radius 2 is 1.81 bits per heavy atom. The van der Waals surface area contributed by atoms with Crippen LogP contribution in [0.15, 0.2) is 63.9 Å². The second kappa shape index (κ2) is 7.05. The number of amides is 1. The molecule has 138 valence electrons. The van der Waals surface area contributed by atoms with Crippen molar-refractivity contribution in [1.82, 2.24) is 9.36 Å². The maximum absolute atomic E-state index is 13.3. The van der Waals surface area contributed by atoms with E-state index in [9.17, 15) is 9.59 Å². The van der Waals surface area contributed by atoms with Crippen LogP contribution >= 0.6 is 27.7 Å². The van der Waals surface area contributed by atoms with Gasteiger partial charge >= 0.3 is 0 Å². The number of para-hydroxylation sites is 1. The SMILES string of the molecule is Cc1c(N2C(=O)CSC2c2cccc(Br)c2)c(=O)n(-c2ccccc2)n1C. The zero-order chi connectivity index (χ0) is 19.1. The van der Waals surface area contributed by atoms with Gasteiger partial charge in [0.25, 0.3) is 5.56 Å². The van der Waals surface area contributed by atoms with E-state index in [1.165, 1.54) is 0 Å². The van der Waals surface area contributed by atoms with Gasteiger partial charge in [0.1, 0.15) is 11.1 Å². The second-order valence-corrected chi connectivity index (χ2v) is 8.38. The van der Waals surface area contributed by atoms with Crippen molar-refractivity contribution < 1.29 is 4.79 Å². The van der Waals surface area contributed by atoms with Gasteiger partial charge in [0.2, 0.25) is 5.91 Å². The van der Waals surface area contributed by atoms with Crippen LogP contribution in [0.2, 0.25) is 0 Å². The third-order valence-electron chi connectivity index (χ3n) is 4.77. The van der Waals surface area contributed by atoms with Crippen LogP contribution in [0, 0.1) is 6.92 Å². The first kappa shape index (κ1) is 18.1. The van der Waals surface area contributed by atoms with Gasteiger partial charge in [-0.15, -0.1) is 11.8 Å². The number of anilines is 1. The van der Waals surface area contributed by atoms with Crippen molar-refractivity contribution in [3.8, 4) is 5.69 Å². The zero-order valence-corrected chi connectivity index (χ0v) is 17.3. The van der Waals surface area contributed by atoms with Crippen molar-refractivity contribution in [2.75, 3.05) is 10.7 Å². The molecule has 1 saturated heterocycles. The second-order valence-electron chi connectivity index (χ2n) is 6.39. The van der Waals surface area contributed by atoms with E-state index in [1.54, 1.807) is 26.0 Å². The molecular weight excluding hydrogens is 426 g/mol. The average Bonchev–Trinajstić information content (AvgIpc) is 3.13. The molecule has 1 aliphatic rings. The van der Waals surface area contributed by atoms with E-state index in [2.05, 4.69) is 15.9 Å². The molecule has 1 aliphatic heterocycles. The standard InChI is InChI=1S/C20H18BrN3O2S/c1-13-18(19(26)24(22(13)2)16-9-4-3-5-10-16)23-17(25)12-27-20(23)14-7-6-8-15(21)11-14/h3-11,20H,12H2,1-2H3. The Labute approximate surface area is 169 Å². The highest BCUT2D eigenvalue weighted by Gasteiger charge is 2.38. The van der Waals surface area contributed by atoms with Crippen LogP contribution < -0.4 is 10.5 Å². The van der Waals surface area contributed by atoms with Crippen LogP contribution in [0.3, 0.4) is 0 Å². The van der Waals surface area contributed by atoms with E-state index < -0.39 is 0 Å². The highest BCUT2D eigenvalue weighted by Crippen LogP contribution is 2.42. The van der Waals surface area contributed by atoms with Crippen LogP contribution in [-0.4, -0.2) is 21.0 Å². The summed E-state index contributed by atoms with van der Waals surface area (Å²) >= 11 is 5.03. The Morgan fingerprint density at radius 1 is 1.07 bits per heavy atom. The minimum absolute atomic E-state index is 0.0454. The molecule has 7 heteroatoms. The largest absolute Gasteiger partial charge is 0.295 e. The number of rotatable bonds is 3. The number of carbonyl (C=O) groups is 1. The van der Waals surface area contributed by atoms with E-state index >= 15 is 0 Å². The predicted octanol–water partition coefficient (Wildman–Crippen LogP) is 4.03. The molecule has 0 N–H and O–H groups in total. The first-order valence-corrected chi connectivity index (χ1v) is 10.4. The molecule has 1 atom stereocenters. The number of carbonyl (C=O) groups excluding carboxylic acids is 1. The Morgan fingerprint density at radius 3 is 2.52 bits per heavy atom. The van der Waals surface area contributed by atoms with Gasteiger partial charge in [-0.3, -0.25) is 19.2 Å². The van der Waals surface area contributed by atoms with Crippen LogP contribution in [0.4, 0.5) is 5.69 Å². The maximum Gasteiger partial charge on any atom is 0.295 e. The summed E-state index contributed by atoms with van der Waals surface area (Å²) in [7, 11) is 1.84. The predicted molar refractivity (Wildman–Crippen MR) is 113 cm³/mol. The summed E-state index contributed by atoms with van der Waals surface area (Å²) in [4.78, 5) is 27.7. The van der Waals surface area contributed by atoms with Crippen molar-refractivity contribution in [1.29, 1.82) is 0 Å².